The van der Waals surface area contributed by atoms with Gasteiger partial charge in [-0.1, -0.05) is 0 Å². The Morgan fingerprint density at radius 2 is 1.90 bits per heavy atom. The summed E-state index contributed by atoms with van der Waals surface area (Å²) in [4.78, 5) is 8.37. The number of halogens is 4. The molecule has 0 unspecified atom stereocenters. The molecule has 0 aliphatic carbocycles. The molecule has 0 spiro atoms. The third-order valence-electron chi connectivity index (χ3n) is 1.93. The van der Waals surface area contributed by atoms with Crippen LogP contribution in [0.3, 0.4) is 0 Å². The molecule has 0 aliphatic rings. The Balaban J connectivity index is 3.68. The molecule has 1 rings (SSSR count). The van der Waals surface area contributed by atoms with E-state index in [1.807, 2.05) is 0 Å². The number of methoxy groups -OCH3 is 1. The first kappa shape index (κ1) is 16.3. The molecule has 0 radical (unpaired) electrons. The molecule has 12 heteroatoms. The van der Waals surface area contributed by atoms with Crippen molar-refractivity contribution in [2.45, 2.75) is 11.3 Å². The van der Waals surface area contributed by atoms with Crippen molar-refractivity contribution in [1.82, 2.24) is 0 Å². The minimum atomic E-state index is -5.21. The molecule has 0 fully saturated rings. The third-order valence-corrected chi connectivity index (χ3v) is 3.26. The molecule has 1 aromatic rings. The van der Waals surface area contributed by atoms with Crippen LogP contribution < -0.4 is 9.47 Å². The first-order valence-electron chi connectivity index (χ1n) is 4.53. The molecule has 0 aliphatic heterocycles. The molecule has 0 atom stereocenters. The zero-order valence-corrected chi connectivity index (χ0v) is 11.0. The molecule has 20 heavy (non-hydrogen) atoms. The van der Waals surface area contributed by atoms with Crippen molar-refractivity contribution in [1.29, 1.82) is 0 Å². The van der Waals surface area contributed by atoms with Gasteiger partial charge in [-0.2, -0.15) is 0 Å². The van der Waals surface area contributed by atoms with Gasteiger partial charge in [-0.15, -0.1) is 13.2 Å². The van der Waals surface area contributed by atoms with Crippen LogP contribution in [0.25, 0.3) is 0 Å². The number of rotatable bonds is 4. The van der Waals surface area contributed by atoms with Gasteiger partial charge in [-0.05, 0) is 6.07 Å². The number of hydrogen-bond donors (Lipinski definition) is 0. The van der Waals surface area contributed by atoms with Crippen LogP contribution in [0.2, 0.25) is 0 Å². The van der Waals surface area contributed by atoms with Crippen molar-refractivity contribution >= 4 is 25.4 Å². The molecule has 0 saturated carbocycles. The molecule has 0 bridgehead atoms. The van der Waals surface area contributed by atoms with Crippen molar-refractivity contribution in [3.05, 3.63) is 22.2 Å². The molecule has 7 nitrogen and oxygen atoms in total. The lowest BCUT2D eigenvalue weighted by Gasteiger charge is -2.14. The maximum atomic E-state index is 12.2. The van der Waals surface area contributed by atoms with Crippen molar-refractivity contribution in [3.63, 3.8) is 0 Å². The predicted octanol–water partition coefficient (Wildman–Crippen LogP) is 2.43. The van der Waals surface area contributed by atoms with E-state index in [9.17, 15) is 31.7 Å². The average molecular weight is 336 g/mol. The highest BCUT2D eigenvalue weighted by molar-refractivity contribution is 8.14. The zero-order valence-electron chi connectivity index (χ0n) is 9.47. The van der Waals surface area contributed by atoms with Crippen LogP contribution in [0.15, 0.2) is 17.0 Å². The lowest BCUT2D eigenvalue weighted by atomic mass is 10.3. The maximum absolute atomic E-state index is 12.2. The van der Waals surface area contributed by atoms with Gasteiger partial charge in [0.1, 0.15) is 0 Å². The highest BCUT2D eigenvalue weighted by atomic mass is 35.7. The summed E-state index contributed by atoms with van der Waals surface area (Å²) in [7, 11) is 1.03. The first-order chi connectivity index (χ1) is 8.97. The SMILES string of the molecule is COc1c([N+](=O)[O-])ccc(OC(F)(F)F)c1S(=O)(=O)Cl. The zero-order chi connectivity index (χ0) is 15.7. The van der Waals surface area contributed by atoms with Gasteiger partial charge in [-0.3, -0.25) is 10.1 Å². The van der Waals surface area contributed by atoms with Crippen molar-refractivity contribution in [2.24, 2.45) is 0 Å². The summed E-state index contributed by atoms with van der Waals surface area (Å²) in [6, 6.07) is 1.06. The fraction of sp³-hybridized carbons (Fsp3) is 0.250. The van der Waals surface area contributed by atoms with Crippen LogP contribution in [0.1, 0.15) is 0 Å². The van der Waals surface area contributed by atoms with Gasteiger partial charge in [0.25, 0.3) is 9.05 Å². The highest BCUT2D eigenvalue weighted by Gasteiger charge is 2.37. The van der Waals surface area contributed by atoms with E-state index in [-0.39, 0.29) is 0 Å². The number of ether oxygens (including phenoxy) is 2. The lowest BCUT2D eigenvalue weighted by molar-refractivity contribution is -0.386. The van der Waals surface area contributed by atoms with E-state index >= 15 is 0 Å². The fourth-order valence-corrected chi connectivity index (χ4v) is 2.51. The van der Waals surface area contributed by atoms with Gasteiger partial charge in [0, 0.05) is 16.7 Å². The second-order valence-electron chi connectivity index (χ2n) is 3.19. The van der Waals surface area contributed by atoms with Gasteiger partial charge in [0.05, 0.1) is 12.0 Å². The summed E-state index contributed by atoms with van der Waals surface area (Å²) >= 11 is 0. The topological polar surface area (TPSA) is 95.7 Å². The lowest BCUT2D eigenvalue weighted by Crippen LogP contribution is -2.19. The van der Waals surface area contributed by atoms with Crippen LogP contribution in [0.5, 0.6) is 11.5 Å². The smallest absolute Gasteiger partial charge is 0.489 e. The molecule has 0 amide bonds. The van der Waals surface area contributed by atoms with Crippen molar-refractivity contribution in [3.8, 4) is 11.5 Å². The number of nitrogens with zero attached hydrogens (tertiary/aromatic N) is 1. The van der Waals surface area contributed by atoms with E-state index in [1.54, 1.807) is 0 Å². The van der Waals surface area contributed by atoms with Gasteiger partial charge in [0.15, 0.2) is 10.6 Å². The number of benzene rings is 1. The molecule has 0 N–H and O–H groups in total. The van der Waals surface area contributed by atoms with Gasteiger partial charge in [0.2, 0.25) is 5.75 Å². The van der Waals surface area contributed by atoms with E-state index in [2.05, 4.69) is 9.47 Å². The van der Waals surface area contributed by atoms with E-state index in [0.29, 0.717) is 12.1 Å². The number of alkyl halides is 3. The summed E-state index contributed by atoms with van der Waals surface area (Å²) in [5, 5.41) is 10.7. The average Bonchev–Trinajstić information content (AvgIpc) is 2.23. The maximum Gasteiger partial charge on any atom is 0.573 e. The van der Waals surface area contributed by atoms with Gasteiger partial charge >= 0.3 is 12.0 Å². The molecule has 0 saturated heterocycles. The Kier molecular flexibility index (Phi) is 4.34. The summed E-state index contributed by atoms with van der Waals surface area (Å²) in [5.41, 5.74) is -0.874. The van der Waals surface area contributed by atoms with E-state index in [1.165, 1.54) is 0 Å². The van der Waals surface area contributed by atoms with Crippen LogP contribution >= 0.6 is 10.7 Å². The molecule has 1 aromatic carbocycles. The van der Waals surface area contributed by atoms with Crippen LogP contribution in [-0.2, 0) is 9.05 Å². The monoisotopic (exact) mass is 335 g/mol. The standard InChI is InChI=1S/C8H5ClF3NO6S/c1-18-6-4(13(14)15)2-3-5(19-8(10,11)12)7(6)20(9,16)17/h2-3H,1H3. The van der Waals surface area contributed by atoms with Crippen LogP contribution in [0.4, 0.5) is 18.9 Å². The van der Waals surface area contributed by atoms with Gasteiger partial charge in [-0.25, -0.2) is 8.42 Å². The van der Waals surface area contributed by atoms with E-state index in [0.717, 1.165) is 7.11 Å². The minimum Gasteiger partial charge on any atom is -0.489 e. The Hall–Kier alpha value is -1.75. The normalized spacial score (nSPS) is 12.1. The number of hydrogen-bond acceptors (Lipinski definition) is 6. The number of nitro benzene ring substituents is 1. The van der Waals surface area contributed by atoms with E-state index in [4.69, 9.17) is 10.7 Å². The first-order valence-corrected chi connectivity index (χ1v) is 6.84. The quantitative estimate of drug-likeness (QED) is 0.476. The summed E-state index contributed by atoms with van der Waals surface area (Å²) in [5.74, 6) is -2.18. The second-order valence-corrected chi connectivity index (χ2v) is 5.69. The van der Waals surface area contributed by atoms with Gasteiger partial charge < -0.3 is 9.47 Å². The Bertz CT molecular complexity index is 644. The molecular weight excluding hydrogens is 331 g/mol. The summed E-state index contributed by atoms with van der Waals surface area (Å²) in [6.07, 6.45) is -5.21. The minimum absolute atomic E-state index is 0.462. The Morgan fingerprint density at radius 3 is 2.25 bits per heavy atom. The summed E-state index contributed by atoms with van der Waals surface area (Å²) in [6.45, 7) is 0. The molecule has 0 aromatic heterocycles. The number of nitro groups is 1. The molecule has 112 valence electrons. The van der Waals surface area contributed by atoms with Crippen molar-refractivity contribution in [2.75, 3.05) is 7.11 Å². The third kappa shape index (κ3) is 3.63. The molecule has 0 heterocycles. The molecular formula is C8H5ClF3NO6S. The largest absolute Gasteiger partial charge is 0.573 e. The van der Waals surface area contributed by atoms with Crippen LogP contribution in [0, 0.1) is 10.1 Å². The Morgan fingerprint density at radius 1 is 1.35 bits per heavy atom. The fourth-order valence-electron chi connectivity index (χ4n) is 1.31. The van der Waals surface area contributed by atoms with Crippen molar-refractivity contribution < 1.29 is 36.0 Å². The van der Waals surface area contributed by atoms with Crippen LogP contribution in [-0.4, -0.2) is 26.8 Å². The second kappa shape index (κ2) is 5.32. The highest BCUT2D eigenvalue weighted by Crippen LogP contribution is 2.43. The predicted molar refractivity (Wildman–Crippen MR) is 59.4 cm³/mol. The summed E-state index contributed by atoms with van der Waals surface area (Å²) < 4.78 is 67.1. The van der Waals surface area contributed by atoms with E-state index < -0.39 is 42.4 Å². The Labute approximate surface area is 114 Å².